The Morgan fingerprint density at radius 2 is 1.96 bits per heavy atom. The third-order valence-corrected chi connectivity index (χ3v) is 5.49. The maximum Gasteiger partial charge on any atom is 0.337 e. The Hall–Kier alpha value is -2.77. The molecule has 0 spiro atoms. The molecule has 7 heteroatoms. The fourth-order valence-corrected chi connectivity index (χ4v) is 3.68. The van der Waals surface area contributed by atoms with Crippen molar-refractivity contribution < 1.29 is 19.4 Å². The molecule has 0 amide bonds. The molecule has 1 heterocycles. The number of rotatable bonds is 6. The number of benzene rings is 2. The van der Waals surface area contributed by atoms with Gasteiger partial charge in [0.2, 0.25) is 0 Å². The van der Waals surface area contributed by atoms with E-state index in [-0.39, 0.29) is 6.61 Å². The summed E-state index contributed by atoms with van der Waals surface area (Å²) in [4.78, 5) is 11.7. The molecule has 0 atom stereocenters. The van der Waals surface area contributed by atoms with E-state index in [0.717, 1.165) is 15.6 Å². The molecule has 0 aliphatic heterocycles. The molecule has 1 saturated carbocycles. The lowest BCUT2D eigenvalue weighted by Gasteiger charge is -2.11. The first-order chi connectivity index (χ1) is 13.2. The van der Waals surface area contributed by atoms with Crippen LogP contribution in [0.4, 0.5) is 0 Å². The standard InChI is InChI=1S/C20H18N2O4S/c1-25-20(24)14-4-5-15(11-23)17(10-14)26-16-8-6-13(7-9-16)19-22-21-18(27-19)12-2-3-12/h4-10,12,23H,2-3,11H2,1H3. The van der Waals surface area contributed by atoms with Gasteiger partial charge in [0, 0.05) is 17.0 Å². The highest BCUT2D eigenvalue weighted by molar-refractivity contribution is 7.14. The number of carbonyl (C=O) groups excluding carboxylic acids is 1. The highest BCUT2D eigenvalue weighted by atomic mass is 32.1. The minimum absolute atomic E-state index is 0.191. The van der Waals surface area contributed by atoms with Crippen molar-refractivity contribution in [2.24, 2.45) is 0 Å². The number of aromatic nitrogens is 2. The summed E-state index contributed by atoms with van der Waals surface area (Å²) in [6, 6.07) is 12.3. The molecule has 0 unspecified atom stereocenters. The normalized spacial score (nSPS) is 13.4. The van der Waals surface area contributed by atoms with Crippen molar-refractivity contribution in [2.45, 2.75) is 25.4 Å². The maximum absolute atomic E-state index is 11.7. The van der Waals surface area contributed by atoms with Crippen LogP contribution >= 0.6 is 11.3 Å². The monoisotopic (exact) mass is 382 g/mol. The molecule has 0 saturated heterocycles. The summed E-state index contributed by atoms with van der Waals surface area (Å²) >= 11 is 1.63. The maximum atomic E-state index is 11.7. The predicted molar refractivity (Wildman–Crippen MR) is 101 cm³/mol. The van der Waals surface area contributed by atoms with E-state index in [9.17, 15) is 9.90 Å². The van der Waals surface area contributed by atoms with Crippen molar-refractivity contribution in [3.05, 3.63) is 58.6 Å². The van der Waals surface area contributed by atoms with Crippen molar-refractivity contribution in [1.82, 2.24) is 10.2 Å². The second-order valence-corrected chi connectivity index (χ2v) is 7.33. The zero-order chi connectivity index (χ0) is 18.8. The lowest BCUT2D eigenvalue weighted by molar-refractivity contribution is 0.0600. The van der Waals surface area contributed by atoms with Gasteiger partial charge in [0.05, 0.1) is 19.3 Å². The first-order valence-electron chi connectivity index (χ1n) is 8.61. The Balaban J connectivity index is 1.54. The van der Waals surface area contributed by atoms with E-state index in [2.05, 4.69) is 10.2 Å². The van der Waals surface area contributed by atoms with Crippen LogP contribution in [0.15, 0.2) is 42.5 Å². The molecule has 0 radical (unpaired) electrons. The number of nitrogens with zero attached hydrogens (tertiary/aromatic N) is 2. The highest BCUT2D eigenvalue weighted by Crippen LogP contribution is 2.42. The van der Waals surface area contributed by atoms with Crippen LogP contribution in [0.1, 0.15) is 39.7 Å². The minimum atomic E-state index is -0.456. The Labute approximate surface area is 160 Å². The van der Waals surface area contributed by atoms with E-state index in [1.165, 1.54) is 20.0 Å². The molecule has 0 bridgehead atoms. The van der Waals surface area contributed by atoms with Gasteiger partial charge in [0.15, 0.2) is 0 Å². The van der Waals surface area contributed by atoms with Gasteiger partial charge in [-0.3, -0.25) is 0 Å². The largest absolute Gasteiger partial charge is 0.465 e. The molecule has 1 aromatic heterocycles. The summed E-state index contributed by atoms with van der Waals surface area (Å²) in [6.07, 6.45) is 2.42. The smallest absolute Gasteiger partial charge is 0.337 e. The fourth-order valence-electron chi connectivity index (χ4n) is 2.66. The van der Waals surface area contributed by atoms with Crippen molar-refractivity contribution in [3.63, 3.8) is 0 Å². The SMILES string of the molecule is COC(=O)c1ccc(CO)c(Oc2ccc(-c3nnc(C4CC4)s3)cc2)c1. The molecule has 1 aliphatic carbocycles. The number of hydrogen-bond donors (Lipinski definition) is 1. The van der Waals surface area contributed by atoms with Crippen molar-refractivity contribution >= 4 is 17.3 Å². The zero-order valence-electron chi connectivity index (χ0n) is 14.7. The second kappa shape index (κ2) is 7.46. The highest BCUT2D eigenvalue weighted by Gasteiger charge is 2.27. The van der Waals surface area contributed by atoms with Crippen LogP contribution in [0, 0.1) is 0 Å². The molecule has 3 aromatic rings. The molecule has 1 fully saturated rings. The van der Waals surface area contributed by atoms with Crippen molar-refractivity contribution in [2.75, 3.05) is 7.11 Å². The fraction of sp³-hybridized carbons (Fsp3) is 0.250. The lowest BCUT2D eigenvalue weighted by atomic mass is 10.1. The number of aliphatic hydroxyl groups is 1. The third kappa shape index (κ3) is 3.84. The first-order valence-corrected chi connectivity index (χ1v) is 9.43. The topological polar surface area (TPSA) is 81.5 Å². The number of methoxy groups -OCH3 is 1. The average molecular weight is 382 g/mol. The average Bonchev–Trinajstić information content (AvgIpc) is 3.45. The Kier molecular flexibility index (Phi) is 4.87. The van der Waals surface area contributed by atoms with Gasteiger partial charge in [0.1, 0.15) is 21.5 Å². The van der Waals surface area contributed by atoms with E-state index in [1.807, 2.05) is 24.3 Å². The summed E-state index contributed by atoms with van der Waals surface area (Å²) in [5.41, 5.74) is 1.94. The van der Waals surface area contributed by atoms with Crippen LogP contribution in [0.25, 0.3) is 10.6 Å². The van der Waals surface area contributed by atoms with E-state index in [4.69, 9.17) is 9.47 Å². The van der Waals surface area contributed by atoms with Gasteiger partial charge < -0.3 is 14.6 Å². The molecule has 1 aliphatic rings. The van der Waals surface area contributed by atoms with E-state index >= 15 is 0 Å². The molecule has 6 nitrogen and oxygen atoms in total. The molecule has 138 valence electrons. The van der Waals surface area contributed by atoms with Crippen LogP contribution < -0.4 is 4.74 Å². The summed E-state index contributed by atoms with van der Waals surface area (Å²) in [6.45, 7) is -0.191. The number of hydrogen-bond acceptors (Lipinski definition) is 7. The summed E-state index contributed by atoms with van der Waals surface area (Å²) in [5, 5.41) is 20.1. The molecular formula is C20H18N2O4S. The minimum Gasteiger partial charge on any atom is -0.465 e. The van der Waals surface area contributed by atoms with E-state index < -0.39 is 5.97 Å². The molecule has 1 N–H and O–H groups in total. The van der Waals surface area contributed by atoms with Gasteiger partial charge in [-0.15, -0.1) is 10.2 Å². The summed E-state index contributed by atoms with van der Waals surface area (Å²) < 4.78 is 10.6. The second-order valence-electron chi connectivity index (χ2n) is 6.32. The quantitative estimate of drug-likeness (QED) is 0.645. The van der Waals surface area contributed by atoms with Gasteiger partial charge in [-0.2, -0.15) is 0 Å². The van der Waals surface area contributed by atoms with Crippen molar-refractivity contribution in [3.8, 4) is 22.1 Å². The number of esters is 1. The summed E-state index contributed by atoms with van der Waals surface area (Å²) in [7, 11) is 1.32. The van der Waals surface area contributed by atoms with Crippen LogP contribution in [0.3, 0.4) is 0 Å². The number of ether oxygens (including phenoxy) is 2. The number of carbonyl (C=O) groups is 1. The van der Waals surface area contributed by atoms with Gasteiger partial charge in [-0.25, -0.2) is 4.79 Å². The lowest BCUT2D eigenvalue weighted by Crippen LogP contribution is -2.02. The Morgan fingerprint density at radius 3 is 2.63 bits per heavy atom. The molecule has 4 rings (SSSR count). The Bertz CT molecular complexity index is 964. The Morgan fingerprint density at radius 1 is 1.19 bits per heavy atom. The number of aliphatic hydroxyl groups excluding tert-OH is 1. The third-order valence-electron chi connectivity index (χ3n) is 4.35. The van der Waals surface area contributed by atoms with Gasteiger partial charge in [-0.1, -0.05) is 17.4 Å². The van der Waals surface area contributed by atoms with Gasteiger partial charge in [0.25, 0.3) is 0 Å². The van der Waals surface area contributed by atoms with Crippen LogP contribution in [0.2, 0.25) is 0 Å². The van der Waals surface area contributed by atoms with Crippen LogP contribution in [-0.4, -0.2) is 28.4 Å². The van der Waals surface area contributed by atoms with Gasteiger partial charge >= 0.3 is 5.97 Å². The van der Waals surface area contributed by atoms with Crippen molar-refractivity contribution in [1.29, 1.82) is 0 Å². The van der Waals surface area contributed by atoms with Crippen LogP contribution in [0.5, 0.6) is 11.5 Å². The van der Waals surface area contributed by atoms with E-state index in [0.29, 0.717) is 28.5 Å². The van der Waals surface area contributed by atoms with Crippen LogP contribution in [-0.2, 0) is 11.3 Å². The van der Waals surface area contributed by atoms with Gasteiger partial charge in [-0.05, 0) is 49.2 Å². The predicted octanol–water partition coefficient (Wildman–Crippen LogP) is 4.15. The molecule has 2 aromatic carbocycles. The molecule has 27 heavy (non-hydrogen) atoms. The first kappa shape index (κ1) is 17.6. The zero-order valence-corrected chi connectivity index (χ0v) is 15.5. The molecular weight excluding hydrogens is 364 g/mol. The summed E-state index contributed by atoms with van der Waals surface area (Å²) in [5.74, 6) is 1.16. The van der Waals surface area contributed by atoms with E-state index in [1.54, 1.807) is 29.5 Å².